The topological polar surface area (TPSA) is 87.3 Å². The van der Waals surface area contributed by atoms with Crippen LogP contribution in [0.2, 0.25) is 0 Å². The number of rotatable bonds is 8. The summed E-state index contributed by atoms with van der Waals surface area (Å²) < 4.78 is 48.9. The molecule has 0 unspecified atom stereocenters. The van der Waals surface area contributed by atoms with E-state index in [1.165, 1.54) is 6.07 Å². The van der Waals surface area contributed by atoms with Crippen molar-refractivity contribution in [1.82, 2.24) is 5.32 Å². The number of sulfone groups is 1. The van der Waals surface area contributed by atoms with Crippen LogP contribution in [0, 0.1) is 5.92 Å². The van der Waals surface area contributed by atoms with Crippen molar-refractivity contribution < 1.29 is 22.0 Å². The lowest BCUT2D eigenvalue weighted by Gasteiger charge is -2.22. The maximum absolute atomic E-state index is 12.8. The fraction of sp³-hybridized carbons (Fsp3) is 0.588. The van der Waals surface area contributed by atoms with Crippen LogP contribution in [-0.2, 0) is 14.6 Å². The molecule has 1 heterocycles. The van der Waals surface area contributed by atoms with E-state index in [0.29, 0.717) is 24.6 Å². The average Bonchev–Trinajstić information content (AvgIpc) is 2.62. The van der Waals surface area contributed by atoms with E-state index in [9.17, 15) is 22.0 Å². The van der Waals surface area contributed by atoms with E-state index in [1.807, 2.05) is 6.92 Å². The van der Waals surface area contributed by atoms with Crippen molar-refractivity contribution in [3.8, 4) is 0 Å². The van der Waals surface area contributed by atoms with Crippen molar-refractivity contribution in [3.63, 3.8) is 0 Å². The van der Waals surface area contributed by atoms with Gasteiger partial charge in [0.25, 0.3) is 0 Å². The number of piperidine rings is 1. The van der Waals surface area contributed by atoms with Gasteiger partial charge in [-0.25, -0.2) is 8.42 Å². The maximum Gasteiger partial charge on any atom is 0.341 e. The van der Waals surface area contributed by atoms with E-state index in [2.05, 4.69) is 16.0 Å². The number of halogens is 2. The second kappa shape index (κ2) is 9.27. The van der Waals surface area contributed by atoms with Crippen LogP contribution in [-0.4, -0.2) is 39.7 Å². The summed E-state index contributed by atoms with van der Waals surface area (Å²) in [7, 11) is -4.72. The number of amides is 1. The summed E-state index contributed by atoms with van der Waals surface area (Å²) in [5, 5.41) is 8.92. The van der Waals surface area contributed by atoms with Crippen LogP contribution in [0.3, 0.4) is 0 Å². The molecule has 1 aliphatic heterocycles. The highest BCUT2D eigenvalue weighted by Gasteiger charge is 2.27. The van der Waals surface area contributed by atoms with Crippen LogP contribution >= 0.6 is 0 Å². The molecule has 1 saturated heterocycles. The Morgan fingerprint density at radius 2 is 1.96 bits per heavy atom. The lowest BCUT2D eigenvalue weighted by molar-refractivity contribution is -0.116. The number of carbonyl (C=O) groups is 1. The first kappa shape index (κ1) is 20.6. The van der Waals surface area contributed by atoms with Gasteiger partial charge in [0, 0.05) is 13.0 Å². The molecule has 3 N–H and O–H groups in total. The molecule has 1 amide bonds. The summed E-state index contributed by atoms with van der Waals surface area (Å²) in [5.41, 5.74) is 0.694. The van der Waals surface area contributed by atoms with E-state index < -0.39 is 20.5 Å². The molecule has 2 rings (SSSR count). The van der Waals surface area contributed by atoms with Gasteiger partial charge in [0.1, 0.15) is 0 Å². The zero-order valence-electron chi connectivity index (χ0n) is 14.7. The third-order valence-corrected chi connectivity index (χ3v) is 5.81. The van der Waals surface area contributed by atoms with Gasteiger partial charge in [0.05, 0.1) is 16.3 Å². The molecule has 0 radical (unpaired) electrons. The number of anilines is 2. The van der Waals surface area contributed by atoms with Gasteiger partial charge >= 0.3 is 5.76 Å². The molecule has 0 atom stereocenters. The van der Waals surface area contributed by atoms with Crippen molar-refractivity contribution in [3.05, 3.63) is 18.2 Å². The predicted octanol–water partition coefficient (Wildman–Crippen LogP) is 2.83. The summed E-state index contributed by atoms with van der Waals surface area (Å²) in [6, 6.07) is 3.59. The molecule has 0 saturated carbocycles. The maximum atomic E-state index is 12.8. The fourth-order valence-electron chi connectivity index (χ4n) is 2.97. The molecule has 1 aromatic rings. The second-order valence-corrected chi connectivity index (χ2v) is 8.24. The van der Waals surface area contributed by atoms with E-state index in [0.717, 1.165) is 44.5 Å². The lowest BCUT2D eigenvalue weighted by Crippen LogP contribution is -2.28. The van der Waals surface area contributed by atoms with Crippen LogP contribution in [0.1, 0.15) is 32.6 Å². The van der Waals surface area contributed by atoms with E-state index in [-0.39, 0.29) is 11.6 Å². The highest BCUT2D eigenvalue weighted by atomic mass is 32.2. The van der Waals surface area contributed by atoms with E-state index in [4.69, 9.17) is 0 Å². The highest BCUT2D eigenvalue weighted by Crippen LogP contribution is 2.28. The lowest BCUT2D eigenvalue weighted by atomic mass is 9.93. The van der Waals surface area contributed by atoms with Crippen molar-refractivity contribution in [2.45, 2.75) is 43.3 Å². The van der Waals surface area contributed by atoms with Crippen molar-refractivity contribution in [2.24, 2.45) is 5.92 Å². The minimum Gasteiger partial charge on any atom is -0.384 e. The highest BCUT2D eigenvalue weighted by molar-refractivity contribution is 7.91. The molecule has 146 valence electrons. The van der Waals surface area contributed by atoms with Crippen LogP contribution in [0.25, 0.3) is 0 Å². The molecule has 26 heavy (non-hydrogen) atoms. The zero-order valence-corrected chi connectivity index (χ0v) is 15.5. The van der Waals surface area contributed by atoms with Gasteiger partial charge in [-0.3, -0.25) is 4.79 Å². The smallest absolute Gasteiger partial charge is 0.341 e. The molecule has 1 aromatic carbocycles. The summed E-state index contributed by atoms with van der Waals surface area (Å²) in [6.45, 7) is 4.28. The molecule has 0 spiro atoms. The Balaban J connectivity index is 2.10. The largest absolute Gasteiger partial charge is 0.384 e. The first-order valence-electron chi connectivity index (χ1n) is 8.75. The van der Waals surface area contributed by atoms with Gasteiger partial charge in [-0.15, -0.1) is 0 Å². The van der Waals surface area contributed by atoms with Gasteiger partial charge in [0.15, 0.2) is 0 Å². The quantitative estimate of drug-likeness (QED) is 0.636. The minimum atomic E-state index is -4.72. The number of nitrogens with one attached hydrogen (secondary N) is 3. The summed E-state index contributed by atoms with van der Waals surface area (Å²) in [5.74, 6) is -3.27. The standard InChI is InChI=1S/C17H25F2N3O3S/c1-2-21-14-5-4-13(26(24,25)17(18)19)11-15(14)22-16(23)6-3-12-7-9-20-10-8-12/h4-5,11-12,17,20-21H,2-3,6-10H2,1H3,(H,22,23). The van der Waals surface area contributed by atoms with E-state index in [1.54, 1.807) is 0 Å². The number of benzene rings is 1. The monoisotopic (exact) mass is 389 g/mol. The SMILES string of the molecule is CCNc1ccc(S(=O)(=O)C(F)F)cc1NC(=O)CCC1CCNCC1. The minimum absolute atomic E-state index is 0.198. The van der Waals surface area contributed by atoms with Gasteiger partial charge < -0.3 is 16.0 Å². The third kappa shape index (κ3) is 5.38. The Labute approximate surface area is 152 Å². The van der Waals surface area contributed by atoms with Crippen LogP contribution in [0.15, 0.2) is 23.1 Å². The Morgan fingerprint density at radius 1 is 1.27 bits per heavy atom. The average molecular weight is 389 g/mol. The van der Waals surface area contributed by atoms with E-state index >= 15 is 0 Å². The molecule has 0 aromatic heterocycles. The molecule has 0 aliphatic carbocycles. The Kier molecular flexibility index (Phi) is 7.33. The van der Waals surface area contributed by atoms with Crippen LogP contribution in [0.5, 0.6) is 0 Å². The summed E-state index contributed by atoms with van der Waals surface area (Å²) >= 11 is 0. The van der Waals surface area contributed by atoms with Crippen molar-refractivity contribution in [2.75, 3.05) is 30.3 Å². The third-order valence-electron chi connectivity index (χ3n) is 4.43. The Morgan fingerprint density at radius 3 is 2.58 bits per heavy atom. The van der Waals surface area contributed by atoms with Gasteiger partial charge in [-0.2, -0.15) is 8.78 Å². The molecular weight excluding hydrogens is 364 g/mol. The molecular formula is C17H25F2N3O3S. The summed E-state index contributed by atoms with van der Waals surface area (Å²) in [6.07, 6.45) is 3.11. The molecule has 1 aliphatic rings. The van der Waals surface area contributed by atoms with Gasteiger partial charge in [-0.1, -0.05) is 0 Å². The molecule has 9 heteroatoms. The fourth-order valence-corrected chi connectivity index (χ4v) is 3.72. The molecule has 1 fully saturated rings. The predicted molar refractivity (Wildman–Crippen MR) is 97.3 cm³/mol. The molecule has 6 nitrogen and oxygen atoms in total. The van der Waals surface area contributed by atoms with Crippen LogP contribution < -0.4 is 16.0 Å². The van der Waals surface area contributed by atoms with Crippen LogP contribution in [0.4, 0.5) is 20.2 Å². The number of hydrogen-bond acceptors (Lipinski definition) is 5. The number of carbonyl (C=O) groups excluding carboxylic acids is 1. The van der Waals surface area contributed by atoms with Gasteiger partial charge in [0.2, 0.25) is 15.7 Å². The van der Waals surface area contributed by atoms with Crippen molar-refractivity contribution >= 4 is 27.1 Å². The Bertz CT molecular complexity index is 720. The zero-order chi connectivity index (χ0) is 19.2. The first-order chi connectivity index (χ1) is 12.3. The summed E-state index contributed by atoms with van der Waals surface area (Å²) in [4.78, 5) is 11.7. The second-order valence-electron chi connectivity index (χ2n) is 6.32. The number of alkyl halides is 2. The number of hydrogen-bond donors (Lipinski definition) is 3. The van der Waals surface area contributed by atoms with Crippen molar-refractivity contribution in [1.29, 1.82) is 0 Å². The normalized spacial score (nSPS) is 15.8. The molecule has 0 bridgehead atoms. The Hall–Kier alpha value is -1.74. The van der Waals surface area contributed by atoms with Gasteiger partial charge in [-0.05, 0) is 63.4 Å². The first-order valence-corrected chi connectivity index (χ1v) is 10.3.